The Hall–Kier alpha value is -2.54. The maximum Gasteiger partial charge on any atom is 0.410 e. The zero-order valence-electron chi connectivity index (χ0n) is 16.9. The molecule has 0 unspecified atom stereocenters. The van der Waals surface area contributed by atoms with Gasteiger partial charge in [-0.3, -0.25) is 4.79 Å². The Balaban J connectivity index is 1.66. The van der Waals surface area contributed by atoms with Crippen LogP contribution in [0.2, 0.25) is 0 Å². The maximum absolute atomic E-state index is 13.5. The molecule has 1 saturated carbocycles. The molecule has 3 saturated heterocycles. The number of hydrogen-bond donors (Lipinski definition) is 1. The molecule has 1 N–H and O–H groups in total. The molecular formula is C22H26N2O5. The second-order valence-electron chi connectivity index (χ2n) is 8.40. The third-order valence-electron chi connectivity index (χ3n) is 7.42. The van der Waals surface area contributed by atoms with Crippen molar-refractivity contribution in [3.63, 3.8) is 0 Å². The van der Waals surface area contributed by atoms with Gasteiger partial charge in [0, 0.05) is 30.3 Å². The third-order valence-corrected chi connectivity index (χ3v) is 7.42. The molecule has 1 aromatic rings. The molecule has 4 heterocycles. The quantitative estimate of drug-likeness (QED) is 0.736. The van der Waals surface area contributed by atoms with E-state index >= 15 is 0 Å². The summed E-state index contributed by atoms with van der Waals surface area (Å²) < 4.78 is 16.8. The molecule has 4 aliphatic heterocycles. The average molecular weight is 398 g/mol. The van der Waals surface area contributed by atoms with Gasteiger partial charge in [-0.2, -0.15) is 0 Å². The van der Waals surface area contributed by atoms with E-state index in [0.29, 0.717) is 31.2 Å². The van der Waals surface area contributed by atoms with Crippen LogP contribution in [-0.4, -0.2) is 56.4 Å². The first kappa shape index (κ1) is 18.5. The summed E-state index contributed by atoms with van der Waals surface area (Å²) in [5, 5.41) is 3.06. The summed E-state index contributed by atoms with van der Waals surface area (Å²) >= 11 is 0. The molecule has 2 amide bonds. The minimum Gasteiger partial charge on any atom is -0.497 e. The van der Waals surface area contributed by atoms with Crippen molar-refractivity contribution in [3.05, 3.63) is 35.4 Å². The van der Waals surface area contributed by atoms with Crippen LogP contribution < -0.4 is 10.1 Å². The molecular weight excluding hydrogens is 372 g/mol. The molecule has 7 nitrogen and oxygen atoms in total. The number of anilines is 1. The number of piperidine rings is 1. The number of rotatable bonds is 1. The van der Waals surface area contributed by atoms with E-state index in [2.05, 4.69) is 11.4 Å². The topological polar surface area (TPSA) is 77.1 Å². The maximum atomic E-state index is 13.5. The van der Waals surface area contributed by atoms with Crippen molar-refractivity contribution in [1.82, 2.24) is 4.90 Å². The molecule has 29 heavy (non-hydrogen) atoms. The van der Waals surface area contributed by atoms with Crippen molar-refractivity contribution in [1.29, 1.82) is 0 Å². The van der Waals surface area contributed by atoms with Crippen molar-refractivity contribution >= 4 is 17.7 Å². The van der Waals surface area contributed by atoms with Crippen LogP contribution in [-0.2, 0) is 19.7 Å². The number of carbonyl (C=O) groups excluding carboxylic acids is 2. The molecule has 1 aromatic carbocycles. The van der Waals surface area contributed by atoms with Gasteiger partial charge in [0.05, 0.1) is 26.9 Å². The minimum atomic E-state index is -0.814. The number of benzene rings is 1. The standard InChI is InChI=1S/C22H26N2O5/c1-4-12-10-24(21(26)28-3)18-9-22(19-8-14(12)15(18)11-29-19)16-6-5-13(27-2)7-17(16)23-20(22)25/h4-7,14-15,18-19H,8-11H2,1-3H3,(H,23,25)/b12-4+/t14-,15-,18-,19+,22-/m0/s1. The summed E-state index contributed by atoms with van der Waals surface area (Å²) in [5.41, 5.74) is 2.13. The first-order valence-corrected chi connectivity index (χ1v) is 10.1. The molecule has 6 rings (SSSR count). The van der Waals surface area contributed by atoms with E-state index in [9.17, 15) is 9.59 Å². The first-order valence-electron chi connectivity index (χ1n) is 10.1. The summed E-state index contributed by atoms with van der Waals surface area (Å²) in [6.45, 7) is 3.12. The van der Waals surface area contributed by atoms with Crippen molar-refractivity contribution in [2.24, 2.45) is 11.8 Å². The Labute approximate surface area is 170 Å². The second kappa shape index (κ2) is 6.49. The van der Waals surface area contributed by atoms with Crippen molar-refractivity contribution in [2.45, 2.75) is 37.3 Å². The molecule has 154 valence electrons. The minimum absolute atomic E-state index is 0.0502. The predicted molar refractivity (Wildman–Crippen MR) is 106 cm³/mol. The van der Waals surface area contributed by atoms with Gasteiger partial charge >= 0.3 is 6.09 Å². The highest BCUT2D eigenvalue weighted by atomic mass is 16.5. The third kappa shape index (κ3) is 2.40. The van der Waals surface area contributed by atoms with Gasteiger partial charge in [-0.05, 0) is 37.3 Å². The van der Waals surface area contributed by atoms with E-state index in [1.165, 1.54) is 12.7 Å². The van der Waals surface area contributed by atoms with Crippen molar-refractivity contribution in [3.8, 4) is 5.75 Å². The van der Waals surface area contributed by atoms with Crippen molar-refractivity contribution in [2.75, 3.05) is 32.7 Å². The molecule has 4 bridgehead atoms. The molecule has 0 radical (unpaired) electrons. The zero-order chi connectivity index (χ0) is 20.3. The number of hydrogen-bond acceptors (Lipinski definition) is 5. The van der Waals surface area contributed by atoms with Gasteiger partial charge in [0.1, 0.15) is 11.2 Å². The number of fused-ring (bicyclic) bond motifs is 2. The highest BCUT2D eigenvalue weighted by Gasteiger charge is 2.63. The highest BCUT2D eigenvalue weighted by molar-refractivity contribution is 6.07. The van der Waals surface area contributed by atoms with E-state index in [1.807, 2.05) is 25.1 Å². The van der Waals surface area contributed by atoms with Crippen LogP contribution in [0.3, 0.4) is 0 Å². The lowest BCUT2D eigenvalue weighted by Gasteiger charge is -2.46. The number of allylic oxidation sites excluding steroid dienone is 1. The molecule has 4 fully saturated rings. The van der Waals surface area contributed by atoms with E-state index in [1.54, 1.807) is 12.0 Å². The normalized spacial score (nSPS) is 36.0. The van der Waals surface area contributed by atoms with E-state index < -0.39 is 5.41 Å². The zero-order valence-corrected chi connectivity index (χ0v) is 16.9. The van der Waals surface area contributed by atoms with Crippen LogP contribution >= 0.6 is 0 Å². The van der Waals surface area contributed by atoms with E-state index in [-0.39, 0.29) is 30.1 Å². The van der Waals surface area contributed by atoms with Gasteiger partial charge in [0.2, 0.25) is 5.91 Å². The Morgan fingerprint density at radius 3 is 2.93 bits per heavy atom. The second-order valence-corrected chi connectivity index (χ2v) is 8.40. The van der Waals surface area contributed by atoms with E-state index in [4.69, 9.17) is 14.2 Å². The lowest BCUT2D eigenvalue weighted by Crippen LogP contribution is -2.54. The van der Waals surface area contributed by atoms with Gasteiger partial charge in [0.25, 0.3) is 0 Å². The highest BCUT2D eigenvalue weighted by Crippen LogP contribution is 2.56. The van der Waals surface area contributed by atoms with E-state index in [0.717, 1.165) is 17.7 Å². The van der Waals surface area contributed by atoms with Gasteiger partial charge in [0.15, 0.2) is 0 Å². The summed E-state index contributed by atoms with van der Waals surface area (Å²) in [6.07, 6.45) is 2.86. The Kier molecular flexibility index (Phi) is 4.13. The first-order chi connectivity index (χ1) is 14.0. The lowest BCUT2D eigenvalue weighted by molar-refractivity contribution is -0.129. The Bertz CT molecular complexity index is 912. The van der Waals surface area contributed by atoms with Crippen LogP contribution in [0.5, 0.6) is 5.75 Å². The van der Waals surface area contributed by atoms with Crippen LogP contribution in [0, 0.1) is 11.8 Å². The molecule has 5 atom stereocenters. The summed E-state index contributed by atoms with van der Waals surface area (Å²) in [7, 11) is 3.02. The fraction of sp³-hybridized carbons (Fsp3) is 0.545. The fourth-order valence-corrected chi connectivity index (χ4v) is 5.99. The number of carbonyl (C=O) groups is 2. The summed E-state index contributed by atoms with van der Waals surface area (Å²) in [4.78, 5) is 27.9. The average Bonchev–Trinajstić information content (AvgIpc) is 2.86. The Morgan fingerprint density at radius 1 is 1.38 bits per heavy atom. The number of amides is 2. The lowest BCUT2D eigenvalue weighted by atomic mass is 9.72. The van der Waals surface area contributed by atoms with Gasteiger partial charge in [-0.25, -0.2) is 4.79 Å². The van der Waals surface area contributed by atoms with Gasteiger partial charge in [-0.1, -0.05) is 17.7 Å². The van der Waals surface area contributed by atoms with Gasteiger partial charge < -0.3 is 24.4 Å². The molecule has 1 aliphatic carbocycles. The van der Waals surface area contributed by atoms with Crippen LogP contribution in [0.25, 0.3) is 0 Å². The van der Waals surface area contributed by atoms with Crippen LogP contribution in [0.4, 0.5) is 10.5 Å². The van der Waals surface area contributed by atoms with Gasteiger partial charge in [-0.15, -0.1) is 0 Å². The predicted octanol–water partition coefficient (Wildman–Crippen LogP) is 2.71. The SMILES string of the molecule is C/C=C1\CN(C(=O)OC)[C@H]2C[C@@]3(C(=O)Nc4cc(OC)ccc43)[C@H]3C[C@@H]1[C@@H]2CO3. The van der Waals surface area contributed by atoms with Crippen molar-refractivity contribution < 1.29 is 23.8 Å². The summed E-state index contributed by atoms with van der Waals surface area (Å²) in [6, 6.07) is 5.61. The van der Waals surface area contributed by atoms with Crippen LogP contribution in [0.15, 0.2) is 29.8 Å². The largest absolute Gasteiger partial charge is 0.497 e. The molecule has 5 aliphatic rings. The Morgan fingerprint density at radius 2 is 2.21 bits per heavy atom. The number of likely N-dealkylation sites (tertiary alicyclic amines) is 1. The molecule has 0 aromatic heterocycles. The molecule has 7 heteroatoms. The monoisotopic (exact) mass is 398 g/mol. The number of ether oxygens (including phenoxy) is 3. The number of methoxy groups -OCH3 is 2. The molecule has 1 spiro atoms. The summed E-state index contributed by atoms with van der Waals surface area (Å²) in [5.74, 6) is 1.13. The van der Waals surface area contributed by atoms with Crippen LogP contribution in [0.1, 0.15) is 25.3 Å². The smallest absolute Gasteiger partial charge is 0.410 e. The number of nitrogens with one attached hydrogen (secondary N) is 1. The number of nitrogens with zero attached hydrogens (tertiary/aromatic N) is 1. The fourth-order valence-electron chi connectivity index (χ4n) is 5.99.